The Balaban J connectivity index is 3.53. The fourth-order valence-corrected chi connectivity index (χ4v) is 0.556. The molecule has 4 N–H and O–H groups in total. The van der Waals surface area contributed by atoms with Gasteiger partial charge in [0.2, 0.25) is 0 Å². The third-order valence-corrected chi connectivity index (χ3v) is 0.869. The highest BCUT2D eigenvalue weighted by atomic mass is 16.4. The molecule has 1 atom stereocenters. The summed E-state index contributed by atoms with van der Waals surface area (Å²) < 4.78 is 0. The highest BCUT2D eigenvalue weighted by molar-refractivity contribution is 5.73. The minimum Gasteiger partial charge on any atom is -0.481 e. The van der Waals surface area contributed by atoms with Crippen LogP contribution in [0.2, 0.25) is 0 Å². The summed E-state index contributed by atoms with van der Waals surface area (Å²) in [4.78, 5) is 20.1. The number of hydrogen-bond acceptors (Lipinski definition) is 2. The molecule has 0 saturated heterocycles. The van der Waals surface area contributed by atoms with Crippen molar-refractivity contribution in [1.82, 2.24) is 5.32 Å². The molecule has 0 spiro atoms. The third kappa shape index (κ3) is 4.89. The Morgan fingerprint density at radius 1 is 1.70 bits per heavy atom. The number of primary amides is 1. The van der Waals surface area contributed by atoms with Crippen molar-refractivity contribution in [3.05, 3.63) is 0 Å². The van der Waals surface area contributed by atoms with Gasteiger partial charge in [0, 0.05) is 6.04 Å². The summed E-state index contributed by atoms with van der Waals surface area (Å²) in [7, 11) is 0. The molecule has 0 radical (unpaired) electrons. The first-order valence-electron chi connectivity index (χ1n) is 2.80. The van der Waals surface area contributed by atoms with E-state index < -0.39 is 18.0 Å². The van der Waals surface area contributed by atoms with Gasteiger partial charge >= 0.3 is 12.0 Å². The van der Waals surface area contributed by atoms with Gasteiger partial charge in [-0.25, -0.2) is 4.79 Å². The second kappa shape index (κ2) is 3.71. The van der Waals surface area contributed by atoms with E-state index in [1.165, 1.54) is 0 Å². The predicted molar refractivity (Wildman–Crippen MR) is 34.4 cm³/mol. The van der Waals surface area contributed by atoms with E-state index in [9.17, 15) is 9.59 Å². The van der Waals surface area contributed by atoms with Gasteiger partial charge < -0.3 is 16.2 Å². The molecule has 0 saturated carbocycles. The van der Waals surface area contributed by atoms with Crippen LogP contribution in [-0.4, -0.2) is 23.1 Å². The number of nitrogens with two attached hydrogens (primary N) is 1. The third-order valence-electron chi connectivity index (χ3n) is 0.869. The Bertz CT molecular complexity index is 130. The highest BCUT2D eigenvalue weighted by Crippen LogP contribution is 1.88. The van der Waals surface area contributed by atoms with Crippen molar-refractivity contribution >= 4 is 12.0 Å². The molecule has 5 heteroatoms. The Morgan fingerprint density at radius 3 is 2.50 bits per heavy atom. The van der Waals surface area contributed by atoms with E-state index in [0.29, 0.717) is 0 Å². The average Bonchev–Trinajstić information content (AvgIpc) is 1.58. The normalized spacial score (nSPS) is 12.1. The first kappa shape index (κ1) is 8.74. The number of aliphatic carboxylic acids is 1. The minimum absolute atomic E-state index is 0.108. The molecular weight excluding hydrogens is 136 g/mol. The zero-order chi connectivity index (χ0) is 8.15. The molecule has 2 amide bonds. The minimum atomic E-state index is -0.957. The van der Waals surface area contributed by atoms with Gasteiger partial charge in [-0.05, 0) is 6.92 Å². The molecule has 0 aliphatic rings. The first-order valence-corrected chi connectivity index (χ1v) is 2.80. The Morgan fingerprint density at radius 2 is 2.20 bits per heavy atom. The van der Waals surface area contributed by atoms with Gasteiger partial charge in [-0.1, -0.05) is 0 Å². The molecule has 0 heterocycles. The van der Waals surface area contributed by atoms with Crippen LogP contribution in [0.1, 0.15) is 13.3 Å². The van der Waals surface area contributed by atoms with Crippen molar-refractivity contribution in [3.63, 3.8) is 0 Å². The molecule has 0 fully saturated rings. The van der Waals surface area contributed by atoms with Crippen molar-refractivity contribution in [2.75, 3.05) is 0 Å². The summed E-state index contributed by atoms with van der Waals surface area (Å²) in [5.41, 5.74) is 4.73. The van der Waals surface area contributed by atoms with Gasteiger partial charge in [0.05, 0.1) is 6.42 Å². The number of hydrogen-bond donors (Lipinski definition) is 3. The lowest BCUT2D eigenvalue weighted by molar-refractivity contribution is -0.137. The van der Waals surface area contributed by atoms with Gasteiger partial charge in [0.15, 0.2) is 0 Å². The number of rotatable bonds is 3. The fourth-order valence-electron chi connectivity index (χ4n) is 0.556. The summed E-state index contributed by atoms with van der Waals surface area (Å²) in [6.45, 7) is 1.57. The van der Waals surface area contributed by atoms with Gasteiger partial charge in [-0.2, -0.15) is 0 Å². The van der Waals surface area contributed by atoms with E-state index in [-0.39, 0.29) is 6.42 Å². The Labute approximate surface area is 58.2 Å². The molecule has 0 bridgehead atoms. The lowest BCUT2D eigenvalue weighted by Gasteiger charge is -2.07. The maximum Gasteiger partial charge on any atom is 0.312 e. The first-order chi connectivity index (χ1) is 4.52. The topological polar surface area (TPSA) is 92.4 Å². The van der Waals surface area contributed by atoms with E-state index in [1.807, 2.05) is 0 Å². The van der Waals surface area contributed by atoms with E-state index in [1.54, 1.807) is 6.92 Å². The average molecular weight is 146 g/mol. The van der Waals surface area contributed by atoms with Crippen LogP contribution in [0.25, 0.3) is 0 Å². The van der Waals surface area contributed by atoms with Crippen molar-refractivity contribution < 1.29 is 14.7 Å². The molecule has 5 nitrogen and oxygen atoms in total. The van der Waals surface area contributed by atoms with Crippen molar-refractivity contribution in [2.45, 2.75) is 19.4 Å². The lowest BCUT2D eigenvalue weighted by Crippen LogP contribution is -2.37. The summed E-state index contributed by atoms with van der Waals surface area (Å²) in [5.74, 6) is -0.957. The Kier molecular flexibility index (Phi) is 3.24. The maximum absolute atomic E-state index is 10.1. The van der Waals surface area contributed by atoms with Gasteiger partial charge in [-0.15, -0.1) is 0 Å². The number of carboxylic acid groups (broad SMARTS) is 1. The van der Waals surface area contributed by atoms with Crippen LogP contribution in [0.5, 0.6) is 0 Å². The summed E-state index contributed by atoms with van der Waals surface area (Å²) >= 11 is 0. The lowest BCUT2D eigenvalue weighted by atomic mass is 10.2. The van der Waals surface area contributed by atoms with Gasteiger partial charge in [-0.3, -0.25) is 4.79 Å². The Hall–Kier alpha value is -1.26. The molecular formula is C5H10N2O3. The zero-order valence-corrected chi connectivity index (χ0v) is 5.63. The van der Waals surface area contributed by atoms with E-state index in [2.05, 4.69) is 5.32 Å². The van der Waals surface area contributed by atoms with Gasteiger partial charge in [0.25, 0.3) is 0 Å². The molecule has 0 aromatic rings. The van der Waals surface area contributed by atoms with Crippen LogP contribution in [0, 0.1) is 0 Å². The molecule has 0 aliphatic heterocycles. The summed E-state index contributed by atoms with van der Waals surface area (Å²) in [6, 6.07) is -1.11. The zero-order valence-electron chi connectivity index (χ0n) is 5.63. The molecule has 58 valence electrons. The van der Waals surface area contributed by atoms with Crippen LogP contribution in [0.15, 0.2) is 0 Å². The van der Waals surface area contributed by atoms with Gasteiger partial charge in [0.1, 0.15) is 0 Å². The quantitative estimate of drug-likeness (QED) is 0.502. The summed E-state index contributed by atoms with van der Waals surface area (Å²) in [5, 5.41) is 10.4. The molecule has 10 heavy (non-hydrogen) atoms. The largest absolute Gasteiger partial charge is 0.481 e. The second-order valence-corrected chi connectivity index (χ2v) is 2.01. The van der Waals surface area contributed by atoms with E-state index in [0.717, 1.165) is 0 Å². The number of carbonyl (C=O) groups is 2. The molecule has 0 rings (SSSR count). The highest BCUT2D eigenvalue weighted by Gasteiger charge is 2.07. The van der Waals surface area contributed by atoms with Crippen LogP contribution in [-0.2, 0) is 4.79 Å². The van der Waals surface area contributed by atoms with Crippen molar-refractivity contribution in [2.24, 2.45) is 5.73 Å². The molecule has 0 aromatic carbocycles. The number of amides is 2. The number of carboxylic acids is 1. The fraction of sp³-hybridized carbons (Fsp3) is 0.600. The molecule has 0 aromatic heterocycles. The number of carbonyl (C=O) groups excluding carboxylic acids is 1. The van der Waals surface area contributed by atoms with Crippen LogP contribution in [0.3, 0.4) is 0 Å². The standard InChI is InChI=1S/C5H10N2O3/c1-3(2-4(8)9)7-5(6)10/h3H,2H2,1H3,(H,8,9)(H3,6,7,10)/t3-/m1/s1. The summed E-state index contributed by atoms with van der Waals surface area (Å²) in [6.07, 6.45) is -0.108. The second-order valence-electron chi connectivity index (χ2n) is 2.01. The van der Waals surface area contributed by atoms with E-state index in [4.69, 9.17) is 10.8 Å². The maximum atomic E-state index is 10.1. The van der Waals surface area contributed by atoms with Crippen LogP contribution < -0.4 is 11.1 Å². The van der Waals surface area contributed by atoms with Crippen molar-refractivity contribution in [3.8, 4) is 0 Å². The SMILES string of the molecule is C[C@H](CC(=O)O)NC(N)=O. The molecule has 0 unspecified atom stereocenters. The smallest absolute Gasteiger partial charge is 0.312 e. The predicted octanol–water partition coefficient (Wildman–Crippen LogP) is -0.482. The van der Waals surface area contributed by atoms with Crippen molar-refractivity contribution in [1.29, 1.82) is 0 Å². The van der Waals surface area contributed by atoms with Crippen LogP contribution >= 0.6 is 0 Å². The van der Waals surface area contributed by atoms with Crippen LogP contribution in [0.4, 0.5) is 4.79 Å². The molecule has 0 aliphatic carbocycles. The number of urea groups is 1. The number of nitrogens with one attached hydrogen (secondary N) is 1. The monoisotopic (exact) mass is 146 g/mol. The van der Waals surface area contributed by atoms with E-state index >= 15 is 0 Å².